The summed E-state index contributed by atoms with van der Waals surface area (Å²) in [7, 11) is 2.96. The number of aliphatic hydroxyl groups is 1. The normalized spacial score (nSPS) is 11.7. The van der Waals surface area contributed by atoms with Gasteiger partial charge in [-0.3, -0.25) is 4.79 Å². The highest BCUT2D eigenvalue weighted by Gasteiger charge is 2.16. The van der Waals surface area contributed by atoms with Gasteiger partial charge in [0.25, 0.3) is 5.91 Å². The van der Waals surface area contributed by atoms with Crippen molar-refractivity contribution < 1.29 is 23.8 Å². The minimum atomic E-state index is -1.01. The average Bonchev–Trinajstić information content (AvgIpc) is 2.58. The van der Waals surface area contributed by atoms with Crippen LogP contribution in [-0.2, 0) is 0 Å². The van der Waals surface area contributed by atoms with E-state index in [0.29, 0.717) is 22.6 Å². The highest BCUT2D eigenvalue weighted by Crippen LogP contribution is 2.24. The zero-order chi connectivity index (χ0) is 16.8. The first-order chi connectivity index (χ1) is 11.0. The van der Waals surface area contributed by atoms with Gasteiger partial charge in [-0.05, 0) is 35.9 Å². The smallest absolute Gasteiger partial charge is 0.255 e. The summed E-state index contributed by atoms with van der Waals surface area (Å²) in [6.45, 7) is -0.0529. The van der Waals surface area contributed by atoms with Crippen LogP contribution in [0.2, 0.25) is 0 Å². The number of halogens is 1. The third-order valence-corrected chi connectivity index (χ3v) is 3.34. The lowest BCUT2D eigenvalue weighted by Crippen LogP contribution is -2.28. The molecule has 0 spiro atoms. The van der Waals surface area contributed by atoms with E-state index in [0.717, 1.165) is 0 Å². The third kappa shape index (κ3) is 4.20. The lowest BCUT2D eigenvalue weighted by atomic mass is 10.1. The zero-order valence-electron chi connectivity index (χ0n) is 12.9. The van der Waals surface area contributed by atoms with Crippen molar-refractivity contribution in [2.75, 3.05) is 20.8 Å². The summed E-state index contributed by atoms with van der Waals surface area (Å²) in [6.07, 6.45) is -1.01. The molecular formula is C17H18FNO4. The lowest BCUT2D eigenvalue weighted by Gasteiger charge is -2.14. The zero-order valence-corrected chi connectivity index (χ0v) is 12.9. The van der Waals surface area contributed by atoms with Crippen LogP contribution in [-0.4, -0.2) is 31.8 Å². The molecule has 122 valence electrons. The van der Waals surface area contributed by atoms with Gasteiger partial charge in [-0.15, -0.1) is 0 Å². The Hall–Kier alpha value is -2.60. The molecule has 0 saturated carbocycles. The summed E-state index contributed by atoms with van der Waals surface area (Å²) in [4.78, 5) is 12.3. The molecule has 0 aliphatic rings. The molecule has 5 nitrogen and oxygen atoms in total. The van der Waals surface area contributed by atoms with Crippen molar-refractivity contribution in [1.29, 1.82) is 0 Å². The molecule has 0 bridgehead atoms. The van der Waals surface area contributed by atoms with Crippen LogP contribution in [0.25, 0.3) is 0 Å². The predicted molar refractivity (Wildman–Crippen MR) is 83.2 cm³/mol. The number of aliphatic hydroxyl groups excluding tert-OH is 1. The number of rotatable bonds is 6. The van der Waals surface area contributed by atoms with Crippen molar-refractivity contribution in [3.05, 3.63) is 59.4 Å². The van der Waals surface area contributed by atoms with Crippen LogP contribution < -0.4 is 14.8 Å². The molecule has 2 aromatic rings. The molecule has 0 aliphatic heterocycles. The average molecular weight is 319 g/mol. The van der Waals surface area contributed by atoms with Crippen LogP contribution >= 0.6 is 0 Å². The van der Waals surface area contributed by atoms with Gasteiger partial charge in [0, 0.05) is 6.54 Å². The van der Waals surface area contributed by atoms with E-state index in [1.165, 1.54) is 32.4 Å². The minimum Gasteiger partial charge on any atom is -0.497 e. The number of hydrogen-bond donors (Lipinski definition) is 2. The number of carbonyl (C=O) groups excluding carboxylic acids is 1. The molecule has 0 radical (unpaired) electrons. The molecule has 0 fully saturated rings. The molecule has 0 saturated heterocycles. The predicted octanol–water partition coefficient (Wildman–Crippen LogP) is 2.31. The molecule has 0 aromatic heterocycles. The Balaban J connectivity index is 2.07. The Morgan fingerprint density at radius 1 is 1.22 bits per heavy atom. The number of methoxy groups -OCH3 is 2. The number of hydrogen-bond acceptors (Lipinski definition) is 4. The molecule has 0 unspecified atom stereocenters. The van der Waals surface area contributed by atoms with Gasteiger partial charge < -0.3 is 19.9 Å². The van der Waals surface area contributed by atoms with E-state index in [1.54, 1.807) is 24.3 Å². The first-order valence-electron chi connectivity index (χ1n) is 6.99. The van der Waals surface area contributed by atoms with Gasteiger partial charge in [0.2, 0.25) is 0 Å². The van der Waals surface area contributed by atoms with E-state index < -0.39 is 17.8 Å². The fourth-order valence-electron chi connectivity index (χ4n) is 2.11. The van der Waals surface area contributed by atoms with Crippen molar-refractivity contribution in [3.63, 3.8) is 0 Å². The summed E-state index contributed by atoms with van der Waals surface area (Å²) in [5.41, 5.74) is 0.682. The molecular weight excluding hydrogens is 301 g/mol. The number of nitrogens with one attached hydrogen (secondary N) is 1. The van der Waals surface area contributed by atoms with Crippen LogP contribution in [0.5, 0.6) is 11.5 Å². The first kappa shape index (κ1) is 16.8. The maximum absolute atomic E-state index is 13.1. The molecule has 23 heavy (non-hydrogen) atoms. The number of amides is 1. The summed E-state index contributed by atoms with van der Waals surface area (Å²) in [5, 5.41) is 12.6. The molecule has 1 amide bonds. The van der Waals surface area contributed by atoms with Gasteiger partial charge in [-0.2, -0.15) is 0 Å². The fourth-order valence-corrected chi connectivity index (χ4v) is 2.11. The maximum atomic E-state index is 13.1. The van der Waals surface area contributed by atoms with Crippen molar-refractivity contribution >= 4 is 5.91 Å². The Bertz CT molecular complexity index is 690. The minimum absolute atomic E-state index is 0.0529. The second kappa shape index (κ2) is 7.60. The monoisotopic (exact) mass is 319 g/mol. The Kier molecular flexibility index (Phi) is 5.54. The molecule has 0 aliphatic carbocycles. The molecule has 0 heterocycles. The third-order valence-electron chi connectivity index (χ3n) is 3.34. The Morgan fingerprint density at radius 2 is 2.00 bits per heavy atom. The standard InChI is InChI=1S/C17H18FNO4/c1-22-13-6-7-16(23-2)14(9-13)17(21)19-10-15(20)11-4-3-5-12(18)8-11/h3-9,15,20H,10H2,1-2H3,(H,19,21)/t15-/m1/s1. The SMILES string of the molecule is COc1ccc(OC)c(C(=O)NC[C@@H](O)c2cccc(F)c2)c1. The molecule has 1 atom stereocenters. The molecule has 2 N–H and O–H groups in total. The quantitative estimate of drug-likeness (QED) is 0.857. The summed E-state index contributed by atoms with van der Waals surface area (Å²) in [6, 6.07) is 10.4. The summed E-state index contributed by atoms with van der Waals surface area (Å²) >= 11 is 0. The van der Waals surface area contributed by atoms with E-state index >= 15 is 0 Å². The van der Waals surface area contributed by atoms with Crippen molar-refractivity contribution in [1.82, 2.24) is 5.32 Å². The van der Waals surface area contributed by atoms with Gasteiger partial charge in [-0.25, -0.2) is 4.39 Å². The van der Waals surface area contributed by atoms with Gasteiger partial charge >= 0.3 is 0 Å². The number of benzene rings is 2. The molecule has 2 aromatic carbocycles. The highest BCUT2D eigenvalue weighted by atomic mass is 19.1. The maximum Gasteiger partial charge on any atom is 0.255 e. The van der Waals surface area contributed by atoms with E-state index in [4.69, 9.17) is 9.47 Å². The second-order valence-corrected chi connectivity index (χ2v) is 4.85. The second-order valence-electron chi connectivity index (χ2n) is 4.85. The van der Waals surface area contributed by atoms with E-state index in [-0.39, 0.29) is 6.54 Å². The van der Waals surface area contributed by atoms with Crippen LogP contribution in [0.1, 0.15) is 22.0 Å². The Labute approximate surface area is 133 Å². The van der Waals surface area contributed by atoms with Crippen molar-refractivity contribution in [3.8, 4) is 11.5 Å². The largest absolute Gasteiger partial charge is 0.497 e. The van der Waals surface area contributed by atoms with Gasteiger partial charge in [0.1, 0.15) is 17.3 Å². The summed E-state index contributed by atoms with van der Waals surface area (Å²) < 4.78 is 23.4. The fraction of sp³-hybridized carbons (Fsp3) is 0.235. The van der Waals surface area contributed by atoms with E-state index in [2.05, 4.69) is 5.32 Å². The highest BCUT2D eigenvalue weighted by molar-refractivity contribution is 5.97. The lowest BCUT2D eigenvalue weighted by molar-refractivity contribution is 0.0913. The van der Waals surface area contributed by atoms with E-state index in [1.807, 2.05) is 0 Å². The van der Waals surface area contributed by atoms with Crippen LogP contribution in [0.15, 0.2) is 42.5 Å². The van der Waals surface area contributed by atoms with E-state index in [9.17, 15) is 14.3 Å². The van der Waals surface area contributed by atoms with Crippen LogP contribution in [0.3, 0.4) is 0 Å². The summed E-state index contributed by atoms with van der Waals surface area (Å²) in [5.74, 6) is 0.0451. The Morgan fingerprint density at radius 3 is 2.65 bits per heavy atom. The van der Waals surface area contributed by atoms with Crippen LogP contribution in [0.4, 0.5) is 4.39 Å². The van der Waals surface area contributed by atoms with Gasteiger partial charge in [-0.1, -0.05) is 12.1 Å². The van der Waals surface area contributed by atoms with Crippen LogP contribution in [0, 0.1) is 5.82 Å². The number of carbonyl (C=O) groups is 1. The van der Waals surface area contributed by atoms with Gasteiger partial charge in [0.15, 0.2) is 0 Å². The number of ether oxygens (including phenoxy) is 2. The van der Waals surface area contributed by atoms with Crippen molar-refractivity contribution in [2.45, 2.75) is 6.10 Å². The van der Waals surface area contributed by atoms with Gasteiger partial charge in [0.05, 0.1) is 25.9 Å². The topological polar surface area (TPSA) is 67.8 Å². The molecule has 2 rings (SSSR count). The van der Waals surface area contributed by atoms with Crippen molar-refractivity contribution in [2.24, 2.45) is 0 Å². The molecule has 6 heteroatoms. The first-order valence-corrected chi connectivity index (χ1v) is 6.99.